The van der Waals surface area contributed by atoms with Crippen molar-refractivity contribution in [1.82, 2.24) is 5.32 Å². The number of nitrogens with one attached hydrogen (secondary N) is 1. The number of halogens is 1. The van der Waals surface area contributed by atoms with Gasteiger partial charge in [0.05, 0.1) is 12.7 Å². The molecule has 0 bridgehead atoms. The number of aldehydes is 1. The van der Waals surface area contributed by atoms with Crippen molar-refractivity contribution in [3.05, 3.63) is 22.7 Å². The average molecular weight is 286 g/mol. The Kier molecular flexibility index (Phi) is 6.15. The van der Waals surface area contributed by atoms with E-state index in [1.165, 1.54) is 19.2 Å². The van der Waals surface area contributed by atoms with Gasteiger partial charge in [-0.2, -0.15) is 0 Å². The van der Waals surface area contributed by atoms with Crippen LogP contribution in [0.4, 0.5) is 0 Å². The first kappa shape index (κ1) is 15.3. The fraction of sp³-hybridized carbons (Fsp3) is 0.385. The van der Waals surface area contributed by atoms with Crippen LogP contribution < -0.4 is 14.8 Å². The fourth-order valence-electron chi connectivity index (χ4n) is 1.44. The number of ether oxygens (including phenoxy) is 2. The van der Waals surface area contributed by atoms with Crippen LogP contribution in [0.5, 0.6) is 11.5 Å². The van der Waals surface area contributed by atoms with Crippen molar-refractivity contribution < 1.29 is 19.1 Å². The van der Waals surface area contributed by atoms with Crippen LogP contribution in [0.15, 0.2) is 12.1 Å². The second kappa shape index (κ2) is 7.63. The third-order valence-electron chi connectivity index (χ3n) is 2.32. The fourth-order valence-corrected chi connectivity index (χ4v) is 1.65. The lowest BCUT2D eigenvalue weighted by molar-refractivity contribution is -0.123. The molecule has 0 aliphatic carbocycles. The summed E-state index contributed by atoms with van der Waals surface area (Å²) >= 11 is 5.84. The molecule has 1 amide bonds. The molecule has 0 atom stereocenters. The minimum Gasteiger partial charge on any atom is -0.493 e. The van der Waals surface area contributed by atoms with E-state index in [1.54, 1.807) is 0 Å². The van der Waals surface area contributed by atoms with Crippen molar-refractivity contribution >= 4 is 23.8 Å². The average Bonchev–Trinajstić information content (AvgIpc) is 2.42. The highest BCUT2D eigenvalue weighted by Crippen LogP contribution is 2.33. The molecule has 0 spiro atoms. The molecule has 6 heteroatoms. The van der Waals surface area contributed by atoms with Crippen LogP contribution in [-0.2, 0) is 4.79 Å². The Morgan fingerprint density at radius 2 is 2.21 bits per heavy atom. The summed E-state index contributed by atoms with van der Waals surface area (Å²) in [5, 5.41) is 3.03. The van der Waals surface area contributed by atoms with Gasteiger partial charge in [-0.25, -0.2) is 0 Å². The lowest BCUT2D eigenvalue weighted by atomic mass is 10.2. The first-order valence-corrected chi connectivity index (χ1v) is 6.22. The van der Waals surface area contributed by atoms with E-state index in [1.807, 2.05) is 6.92 Å². The van der Waals surface area contributed by atoms with Gasteiger partial charge in [-0.1, -0.05) is 18.5 Å². The van der Waals surface area contributed by atoms with Crippen molar-refractivity contribution in [2.24, 2.45) is 0 Å². The van der Waals surface area contributed by atoms with E-state index in [0.717, 1.165) is 6.42 Å². The first-order chi connectivity index (χ1) is 9.12. The molecule has 0 fully saturated rings. The molecule has 5 nitrogen and oxygen atoms in total. The quantitative estimate of drug-likeness (QED) is 0.779. The lowest BCUT2D eigenvalue weighted by Crippen LogP contribution is -2.29. The van der Waals surface area contributed by atoms with E-state index < -0.39 is 0 Å². The van der Waals surface area contributed by atoms with Crippen LogP contribution in [0, 0.1) is 0 Å². The van der Waals surface area contributed by atoms with Crippen LogP contribution in [0.2, 0.25) is 5.02 Å². The molecule has 0 saturated carbocycles. The summed E-state index contributed by atoms with van der Waals surface area (Å²) < 4.78 is 10.4. The molecule has 0 aliphatic heterocycles. The van der Waals surface area contributed by atoms with Crippen molar-refractivity contribution in [3.8, 4) is 11.5 Å². The Bertz CT molecular complexity index is 462. The highest BCUT2D eigenvalue weighted by atomic mass is 35.5. The van der Waals surface area contributed by atoms with Gasteiger partial charge in [-0.15, -0.1) is 0 Å². The molecular formula is C13H16ClNO4. The van der Waals surface area contributed by atoms with Crippen molar-refractivity contribution in [3.63, 3.8) is 0 Å². The third-order valence-corrected chi connectivity index (χ3v) is 2.53. The lowest BCUT2D eigenvalue weighted by Gasteiger charge is -2.13. The van der Waals surface area contributed by atoms with Gasteiger partial charge in [-0.05, 0) is 12.5 Å². The van der Waals surface area contributed by atoms with E-state index in [2.05, 4.69) is 5.32 Å². The standard InChI is InChI=1S/C13H16ClNO4/c1-3-4-15-12(17)8-19-13-9(7-16)5-10(14)6-11(13)18-2/h5-7H,3-4,8H2,1-2H3,(H,15,17). The van der Waals surface area contributed by atoms with E-state index in [4.69, 9.17) is 21.1 Å². The second-order valence-corrected chi connectivity index (χ2v) is 4.22. The third kappa shape index (κ3) is 4.44. The highest BCUT2D eigenvalue weighted by molar-refractivity contribution is 6.31. The van der Waals surface area contributed by atoms with Crippen LogP contribution in [0.25, 0.3) is 0 Å². The summed E-state index contributed by atoms with van der Waals surface area (Å²) in [6.07, 6.45) is 1.45. The van der Waals surface area contributed by atoms with Crippen molar-refractivity contribution in [2.45, 2.75) is 13.3 Å². The van der Waals surface area contributed by atoms with E-state index in [-0.39, 0.29) is 23.8 Å². The first-order valence-electron chi connectivity index (χ1n) is 5.84. The predicted octanol–water partition coefficient (Wildman–Crippen LogP) is 2.07. The van der Waals surface area contributed by atoms with Gasteiger partial charge in [0.2, 0.25) is 0 Å². The van der Waals surface area contributed by atoms with Gasteiger partial charge in [0.15, 0.2) is 24.4 Å². The van der Waals surface area contributed by atoms with Crippen LogP contribution in [-0.4, -0.2) is 32.5 Å². The summed E-state index contributed by atoms with van der Waals surface area (Å²) in [6, 6.07) is 2.98. The van der Waals surface area contributed by atoms with Gasteiger partial charge in [0.25, 0.3) is 5.91 Å². The SMILES string of the molecule is CCCNC(=O)COc1c(C=O)cc(Cl)cc1OC. The molecule has 0 aliphatic rings. The molecule has 0 aromatic heterocycles. The molecule has 104 valence electrons. The summed E-state index contributed by atoms with van der Waals surface area (Å²) in [5.41, 5.74) is 0.243. The Labute approximate surface area is 116 Å². The molecular weight excluding hydrogens is 270 g/mol. The highest BCUT2D eigenvalue weighted by Gasteiger charge is 2.14. The largest absolute Gasteiger partial charge is 0.493 e. The summed E-state index contributed by atoms with van der Waals surface area (Å²) in [7, 11) is 1.43. The Balaban J connectivity index is 2.81. The molecule has 1 aromatic carbocycles. The van der Waals surface area contributed by atoms with E-state index >= 15 is 0 Å². The van der Waals surface area contributed by atoms with Gasteiger partial charge in [0, 0.05) is 17.6 Å². The van der Waals surface area contributed by atoms with E-state index in [9.17, 15) is 9.59 Å². The number of hydrogen-bond acceptors (Lipinski definition) is 4. The van der Waals surface area contributed by atoms with Gasteiger partial charge in [-0.3, -0.25) is 9.59 Å². The molecule has 1 rings (SSSR count). The minimum atomic E-state index is -0.254. The normalized spacial score (nSPS) is 9.84. The Morgan fingerprint density at radius 3 is 2.79 bits per heavy atom. The van der Waals surface area contributed by atoms with Crippen molar-refractivity contribution in [1.29, 1.82) is 0 Å². The number of carbonyl (C=O) groups is 2. The monoisotopic (exact) mass is 285 g/mol. The second-order valence-electron chi connectivity index (χ2n) is 3.78. The maximum absolute atomic E-state index is 11.5. The van der Waals surface area contributed by atoms with Gasteiger partial charge >= 0.3 is 0 Å². The smallest absolute Gasteiger partial charge is 0.257 e. The number of carbonyl (C=O) groups excluding carboxylic acids is 2. The zero-order valence-corrected chi connectivity index (χ0v) is 11.6. The molecule has 0 radical (unpaired) electrons. The summed E-state index contributed by atoms with van der Waals surface area (Å²) in [6.45, 7) is 2.35. The summed E-state index contributed by atoms with van der Waals surface area (Å²) in [5.74, 6) is 0.280. The van der Waals surface area contributed by atoms with Crippen LogP contribution in [0.3, 0.4) is 0 Å². The number of amides is 1. The van der Waals surface area contributed by atoms with E-state index in [0.29, 0.717) is 23.6 Å². The zero-order valence-electron chi connectivity index (χ0n) is 10.9. The van der Waals surface area contributed by atoms with Crippen molar-refractivity contribution in [2.75, 3.05) is 20.3 Å². The Morgan fingerprint density at radius 1 is 1.47 bits per heavy atom. The Hall–Kier alpha value is -1.75. The van der Waals surface area contributed by atoms with Gasteiger partial charge in [0.1, 0.15) is 0 Å². The molecule has 1 N–H and O–H groups in total. The summed E-state index contributed by atoms with van der Waals surface area (Å²) in [4.78, 5) is 22.4. The zero-order chi connectivity index (χ0) is 14.3. The number of rotatable bonds is 7. The minimum absolute atomic E-state index is 0.182. The molecule has 19 heavy (non-hydrogen) atoms. The molecule has 0 unspecified atom stereocenters. The topological polar surface area (TPSA) is 64.6 Å². The van der Waals surface area contributed by atoms with Crippen LogP contribution in [0.1, 0.15) is 23.7 Å². The maximum Gasteiger partial charge on any atom is 0.257 e. The van der Waals surface area contributed by atoms with Crippen LogP contribution >= 0.6 is 11.6 Å². The molecule has 0 heterocycles. The number of hydrogen-bond donors (Lipinski definition) is 1. The molecule has 1 aromatic rings. The predicted molar refractivity (Wildman–Crippen MR) is 72.2 cm³/mol. The maximum atomic E-state index is 11.5. The number of methoxy groups -OCH3 is 1. The van der Waals surface area contributed by atoms with Gasteiger partial charge < -0.3 is 14.8 Å². The molecule has 0 saturated heterocycles. The number of benzene rings is 1.